The molecule has 0 aromatic carbocycles. The van der Waals surface area contributed by atoms with Gasteiger partial charge in [-0.2, -0.15) is 0 Å². The van der Waals surface area contributed by atoms with E-state index in [4.69, 9.17) is 0 Å². The van der Waals surface area contributed by atoms with Gasteiger partial charge in [0.15, 0.2) is 0 Å². The fraction of sp³-hybridized carbons (Fsp3) is 0.333. The monoisotopic (exact) mass is 233 g/mol. The highest BCUT2D eigenvalue weighted by atomic mass is 32.1. The third kappa shape index (κ3) is 2.46. The second-order valence-electron chi connectivity index (χ2n) is 3.57. The van der Waals surface area contributed by atoms with Crippen LogP contribution in [0.15, 0.2) is 23.7 Å². The summed E-state index contributed by atoms with van der Waals surface area (Å²) in [6.45, 7) is 5.85. The average Bonchev–Trinajstić information content (AvgIpc) is 2.73. The molecule has 0 unspecified atom stereocenters. The molecule has 0 aliphatic rings. The van der Waals surface area contributed by atoms with Gasteiger partial charge < -0.3 is 5.32 Å². The predicted octanol–water partition coefficient (Wildman–Crippen LogP) is 2.62. The van der Waals surface area contributed by atoms with Crippen molar-refractivity contribution in [3.8, 4) is 10.6 Å². The summed E-state index contributed by atoms with van der Waals surface area (Å²) in [6, 6.07) is 4.08. The van der Waals surface area contributed by atoms with E-state index in [1.165, 1.54) is 10.4 Å². The van der Waals surface area contributed by atoms with Crippen molar-refractivity contribution in [2.24, 2.45) is 0 Å². The highest BCUT2D eigenvalue weighted by Crippen LogP contribution is 2.26. The van der Waals surface area contributed by atoms with Crippen molar-refractivity contribution in [1.29, 1.82) is 0 Å². The van der Waals surface area contributed by atoms with E-state index in [2.05, 4.69) is 40.6 Å². The topological polar surface area (TPSA) is 37.8 Å². The number of hydrogen-bond acceptors (Lipinski definition) is 4. The van der Waals surface area contributed by atoms with Gasteiger partial charge in [0.25, 0.3) is 0 Å². The first-order chi connectivity index (χ1) is 7.81. The van der Waals surface area contributed by atoms with Gasteiger partial charge in [0.1, 0.15) is 5.82 Å². The zero-order chi connectivity index (χ0) is 11.4. The molecule has 0 radical (unpaired) electrons. The maximum atomic E-state index is 4.55. The minimum Gasteiger partial charge on any atom is -0.310 e. The molecule has 0 spiro atoms. The van der Waals surface area contributed by atoms with Crippen molar-refractivity contribution in [3.63, 3.8) is 0 Å². The normalized spacial score (nSPS) is 10.6. The molecule has 1 N–H and O–H groups in total. The van der Waals surface area contributed by atoms with Crippen molar-refractivity contribution in [2.45, 2.75) is 20.4 Å². The van der Waals surface area contributed by atoms with E-state index < -0.39 is 0 Å². The van der Waals surface area contributed by atoms with E-state index in [0.717, 1.165) is 24.6 Å². The molecule has 0 atom stereocenters. The zero-order valence-corrected chi connectivity index (χ0v) is 10.3. The number of nitrogens with zero attached hydrogens (tertiary/aromatic N) is 2. The van der Waals surface area contributed by atoms with Crippen LogP contribution in [0.2, 0.25) is 0 Å². The Morgan fingerprint density at radius 3 is 2.94 bits per heavy atom. The Labute approximate surface area is 99.6 Å². The van der Waals surface area contributed by atoms with Gasteiger partial charge in [-0.25, -0.2) is 9.97 Å². The SMILES string of the molecule is CCNCc1nccc(-c2sccc2C)n1. The van der Waals surface area contributed by atoms with E-state index in [1.54, 1.807) is 11.3 Å². The predicted molar refractivity (Wildman–Crippen MR) is 67.5 cm³/mol. The van der Waals surface area contributed by atoms with Crippen molar-refractivity contribution in [3.05, 3.63) is 35.1 Å². The maximum Gasteiger partial charge on any atom is 0.142 e. The fourth-order valence-electron chi connectivity index (χ4n) is 1.48. The molecular weight excluding hydrogens is 218 g/mol. The van der Waals surface area contributed by atoms with Crippen LogP contribution in [-0.4, -0.2) is 16.5 Å². The van der Waals surface area contributed by atoms with Crippen LogP contribution in [0, 0.1) is 6.92 Å². The summed E-state index contributed by atoms with van der Waals surface area (Å²) in [5, 5.41) is 5.32. The molecule has 0 saturated heterocycles. The average molecular weight is 233 g/mol. The van der Waals surface area contributed by atoms with Gasteiger partial charge in [0, 0.05) is 6.20 Å². The van der Waals surface area contributed by atoms with E-state index in [9.17, 15) is 0 Å². The zero-order valence-electron chi connectivity index (χ0n) is 9.53. The Hall–Kier alpha value is -1.26. The maximum absolute atomic E-state index is 4.55. The van der Waals surface area contributed by atoms with Gasteiger partial charge in [-0.3, -0.25) is 0 Å². The van der Waals surface area contributed by atoms with Crippen LogP contribution in [-0.2, 0) is 6.54 Å². The molecule has 16 heavy (non-hydrogen) atoms. The highest BCUT2D eigenvalue weighted by molar-refractivity contribution is 7.13. The lowest BCUT2D eigenvalue weighted by Gasteiger charge is -2.03. The molecule has 3 nitrogen and oxygen atoms in total. The molecule has 0 amide bonds. The summed E-state index contributed by atoms with van der Waals surface area (Å²) in [5.41, 5.74) is 2.30. The number of aromatic nitrogens is 2. The standard InChI is InChI=1S/C12H15N3S/c1-3-13-8-11-14-6-4-10(15-11)12-9(2)5-7-16-12/h4-7,13H,3,8H2,1-2H3. The van der Waals surface area contributed by atoms with Crippen LogP contribution < -0.4 is 5.32 Å². The van der Waals surface area contributed by atoms with E-state index in [0.29, 0.717) is 0 Å². The molecular formula is C12H15N3S. The van der Waals surface area contributed by atoms with Crippen LogP contribution in [0.4, 0.5) is 0 Å². The lowest BCUT2D eigenvalue weighted by atomic mass is 10.2. The molecule has 0 bridgehead atoms. The van der Waals surface area contributed by atoms with Crippen molar-refractivity contribution < 1.29 is 0 Å². The molecule has 0 saturated carbocycles. The van der Waals surface area contributed by atoms with Gasteiger partial charge in [0.2, 0.25) is 0 Å². The number of hydrogen-bond donors (Lipinski definition) is 1. The van der Waals surface area contributed by atoms with Gasteiger partial charge in [-0.05, 0) is 36.5 Å². The minimum atomic E-state index is 0.731. The Kier molecular flexibility index (Phi) is 3.64. The molecule has 0 aliphatic carbocycles. The van der Waals surface area contributed by atoms with Gasteiger partial charge in [-0.1, -0.05) is 6.92 Å². The third-order valence-electron chi connectivity index (χ3n) is 2.33. The number of aryl methyl sites for hydroxylation is 1. The first-order valence-corrected chi connectivity index (χ1v) is 6.26. The Morgan fingerprint density at radius 2 is 2.25 bits per heavy atom. The molecule has 0 fully saturated rings. The van der Waals surface area contributed by atoms with Crippen LogP contribution in [0.5, 0.6) is 0 Å². The fourth-order valence-corrected chi connectivity index (χ4v) is 2.38. The number of thiophene rings is 1. The smallest absolute Gasteiger partial charge is 0.142 e. The highest BCUT2D eigenvalue weighted by Gasteiger charge is 2.05. The third-order valence-corrected chi connectivity index (χ3v) is 3.37. The van der Waals surface area contributed by atoms with E-state index in [1.807, 2.05) is 12.3 Å². The van der Waals surface area contributed by atoms with Crippen LogP contribution in [0.3, 0.4) is 0 Å². The van der Waals surface area contributed by atoms with Crippen LogP contribution in [0.25, 0.3) is 10.6 Å². The quantitative estimate of drug-likeness (QED) is 0.882. The molecule has 2 aromatic rings. The molecule has 4 heteroatoms. The molecule has 2 aromatic heterocycles. The van der Waals surface area contributed by atoms with Crippen molar-refractivity contribution in [2.75, 3.05) is 6.54 Å². The molecule has 84 valence electrons. The Morgan fingerprint density at radius 1 is 1.38 bits per heavy atom. The Balaban J connectivity index is 2.26. The second kappa shape index (κ2) is 5.18. The summed E-state index contributed by atoms with van der Waals surface area (Å²) < 4.78 is 0. The largest absolute Gasteiger partial charge is 0.310 e. The lowest BCUT2D eigenvalue weighted by Crippen LogP contribution is -2.14. The lowest BCUT2D eigenvalue weighted by molar-refractivity contribution is 0.691. The summed E-state index contributed by atoms with van der Waals surface area (Å²) in [7, 11) is 0. The molecule has 2 rings (SSSR count). The van der Waals surface area contributed by atoms with Crippen molar-refractivity contribution in [1.82, 2.24) is 15.3 Å². The first-order valence-electron chi connectivity index (χ1n) is 5.38. The summed E-state index contributed by atoms with van der Waals surface area (Å²) in [6.07, 6.45) is 1.83. The van der Waals surface area contributed by atoms with Gasteiger partial charge in [-0.15, -0.1) is 11.3 Å². The van der Waals surface area contributed by atoms with Gasteiger partial charge >= 0.3 is 0 Å². The Bertz CT molecular complexity index is 465. The van der Waals surface area contributed by atoms with Gasteiger partial charge in [0.05, 0.1) is 17.1 Å². The number of rotatable bonds is 4. The summed E-state index contributed by atoms with van der Waals surface area (Å²) in [4.78, 5) is 10.0. The molecule has 0 aliphatic heterocycles. The summed E-state index contributed by atoms with van der Waals surface area (Å²) >= 11 is 1.72. The number of nitrogens with one attached hydrogen (secondary N) is 1. The first kappa shape index (κ1) is 11.2. The van der Waals surface area contributed by atoms with E-state index >= 15 is 0 Å². The second-order valence-corrected chi connectivity index (χ2v) is 4.49. The van der Waals surface area contributed by atoms with Crippen LogP contribution in [0.1, 0.15) is 18.3 Å². The van der Waals surface area contributed by atoms with Crippen LogP contribution >= 0.6 is 11.3 Å². The van der Waals surface area contributed by atoms with Crippen molar-refractivity contribution >= 4 is 11.3 Å². The molecule has 2 heterocycles. The summed E-state index contributed by atoms with van der Waals surface area (Å²) in [5.74, 6) is 0.854. The van der Waals surface area contributed by atoms with E-state index in [-0.39, 0.29) is 0 Å². The minimum absolute atomic E-state index is 0.731.